The summed E-state index contributed by atoms with van der Waals surface area (Å²) in [5, 5.41) is 26.3. The second-order valence-electron chi connectivity index (χ2n) is 4.82. The first-order valence-corrected chi connectivity index (χ1v) is 7.52. The molecule has 0 unspecified atom stereocenters. The summed E-state index contributed by atoms with van der Waals surface area (Å²) in [6.45, 7) is 5.66. The molecule has 1 rings (SSSR count). The van der Waals surface area contributed by atoms with Gasteiger partial charge in [-0.15, -0.1) is 10.2 Å². The van der Waals surface area contributed by atoms with Crippen molar-refractivity contribution in [1.82, 2.24) is 19.7 Å². The van der Waals surface area contributed by atoms with Crippen molar-refractivity contribution < 1.29 is 15.0 Å². The van der Waals surface area contributed by atoms with E-state index in [4.69, 9.17) is 5.11 Å². The SMILES string of the molecule is CC(C)N(C)CCCn1c(CO)nnc1SCC(=O)O. The van der Waals surface area contributed by atoms with Crippen LogP contribution in [0, 0.1) is 0 Å². The lowest BCUT2D eigenvalue weighted by Gasteiger charge is -2.21. The molecule has 0 amide bonds. The van der Waals surface area contributed by atoms with Gasteiger partial charge in [0.1, 0.15) is 6.61 Å². The second kappa shape index (κ2) is 8.23. The largest absolute Gasteiger partial charge is 0.481 e. The van der Waals surface area contributed by atoms with Crippen LogP contribution < -0.4 is 0 Å². The molecule has 0 aromatic carbocycles. The molecule has 0 atom stereocenters. The van der Waals surface area contributed by atoms with Crippen LogP contribution in [-0.4, -0.2) is 61.2 Å². The average Bonchev–Trinajstić information content (AvgIpc) is 2.78. The summed E-state index contributed by atoms with van der Waals surface area (Å²) in [7, 11) is 2.06. The van der Waals surface area contributed by atoms with Crippen molar-refractivity contribution in [3.8, 4) is 0 Å². The van der Waals surface area contributed by atoms with E-state index < -0.39 is 5.97 Å². The van der Waals surface area contributed by atoms with E-state index in [9.17, 15) is 9.90 Å². The Balaban J connectivity index is 2.61. The van der Waals surface area contributed by atoms with Gasteiger partial charge in [0.15, 0.2) is 11.0 Å². The molecule has 0 aliphatic heterocycles. The van der Waals surface area contributed by atoms with Gasteiger partial charge < -0.3 is 19.7 Å². The summed E-state index contributed by atoms with van der Waals surface area (Å²) in [5.41, 5.74) is 0. The molecule has 7 nitrogen and oxygen atoms in total. The summed E-state index contributed by atoms with van der Waals surface area (Å²) in [6, 6.07) is 0.481. The fraction of sp³-hybridized carbons (Fsp3) is 0.750. The van der Waals surface area contributed by atoms with Gasteiger partial charge in [-0.05, 0) is 33.9 Å². The number of aromatic nitrogens is 3. The number of aliphatic carboxylic acids is 1. The summed E-state index contributed by atoms with van der Waals surface area (Å²) in [4.78, 5) is 12.8. The van der Waals surface area contributed by atoms with Gasteiger partial charge in [-0.2, -0.15) is 0 Å². The molecular weight excluding hydrogens is 280 g/mol. The van der Waals surface area contributed by atoms with E-state index in [0.717, 1.165) is 24.7 Å². The van der Waals surface area contributed by atoms with Crippen LogP contribution in [0.25, 0.3) is 0 Å². The summed E-state index contributed by atoms with van der Waals surface area (Å²) in [6.07, 6.45) is 0.889. The molecule has 0 aliphatic rings. The van der Waals surface area contributed by atoms with E-state index >= 15 is 0 Å². The Morgan fingerprint density at radius 3 is 2.70 bits per heavy atom. The van der Waals surface area contributed by atoms with Gasteiger partial charge in [0, 0.05) is 12.6 Å². The van der Waals surface area contributed by atoms with Gasteiger partial charge in [-0.1, -0.05) is 11.8 Å². The topological polar surface area (TPSA) is 91.5 Å². The lowest BCUT2D eigenvalue weighted by atomic mass is 10.3. The normalized spacial score (nSPS) is 11.5. The molecule has 8 heteroatoms. The quantitative estimate of drug-likeness (QED) is 0.648. The Bertz CT molecular complexity index is 436. The number of hydrogen-bond acceptors (Lipinski definition) is 6. The predicted octanol–water partition coefficient (Wildman–Crippen LogP) is 0.677. The predicted molar refractivity (Wildman–Crippen MR) is 76.7 cm³/mol. The van der Waals surface area contributed by atoms with Crippen LogP contribution >= 0.6 is 11.8 Å². The van der Waals surface area contributed by atoms with E-state index in [2.05, 4.69) is 36.0 Å². The Morgan fingerprint density at radius 2 is 2.15 bits per heavy atom. The maximum absolute atomic E-state index is 10.6. The van der Waals surface area contributed by atoms with E-state index in [1.807, 2.05) is 0 Å². The molecule has 0 saturated heterocycles. The zero-order valence-electron chi connectivity index (χ0n) is 12.1. The minimum Gasteiger partial charge on any atom is -0.481 e. The van der Waals surface area contributed by atoms with Crippen LogP contribution in [0.3, 0.4) is 0 Å². The van der Waals surface area contributed by atoms with Crippen LogP contribution in [0.5, 0.6) is 0 Å². The van der Waals surface area contributed by atoms with Crippen LogP contribution in [0.15, 0.2) is 5.16 Å². The van der Waals surface area contributed by atoms with Crippen molar-refractivity contribution >= 4 is 17.7 Å². The first-order valence-electron chi connectivity index (χ1n) is 6.53. The van der Waals surface area contributed by atoms with Crippen molar-refractivity contribution in [2.24, 2.45) is 0 Å². The van der Waals surface area contributed by atoms with Gasteiger partial charge in [-0.3, -0.25) is 4.79 Å². The maximum atomic E-state index is 10.6. The molecule has 0 aliphatic carbocycles. The van der Waals surface area contributed by atoms with Gasteiger partial charge in [0.2, 0.25) is 0 Å². The van der Waals surface area contributed by atoms with Crippen molar-refractivity contribution in [2.45, 2.75) is 44.6 Å². The third kappa shape index (κ3) is 5.10. The molecule has 0 bridgehead atoms. The molecule has 20 heavy (non-hydrogen) atoms. The van der Waals surface area contributed by atoms with Crippen LogP contribution in [-0.2, 0) is 17.9 Å². The van der Waals surface area contributed by atoms with Crippen LogP contribution in [0.2, 0.25) is 0 Å². The number of carbonyl (C=O) groups is 1. The third-order valence-corrected chi connectivity index (χ3v) is 3.99. The molecule has 1 heterocycles. The first-order chi connectivity index (χ1) is 9.45. The van der Waals surface area contributed by atoms with Gasteiger partial charge in [0.05, 0.1) is 5.75 Å². The number of nitrogens with zero attached hydrogens (tertiary/aromatic N) is 4. The van der Waals surface area contributed by atoms with E-state index in [0.29, 0.717) is 23.6 Å². The molecule has 1 aromatic rings. The number of hydrogen-bond donors (Lipinski definition) is 2. The third-order valence-electron chi connectivity index (χ3n) is 3.03. The fourth-order valence-corrected chi connectivity index (χ4v) is 2.33. The zero-order valence-corrected chi connectivity index (χ0v) is 12.9. The minimum absolute atomic E-state index is 0.0601. The highest BCUT2D eigenvalue weighted by Crippen LogP contribution is 2.17. The van der Waals surface area contributed by atoms with Crippen molar-refractivity contribution in [1.29, 1.82) is 0 Å². The molecule has 0 saturated carbocycles. The van der Waals surface area contributed by atoms with Gasteiger partial charge in [0.25, 0.3) is 0 Å². The van der Waals surface area contributed by atoms with Crippen molar-refractivity contribution in [2.75, 3.05) is 19.3 Å². The maximum Gasteiger partial charge on any atom is 0.313 e. The smallest absolute Gasteiger partial charge is 0.313 e. The van der Waals surface area contributed by atoms with Gasteiger partial charge in [-0.25, -0.2) is 0 Å². The number of aliphatic hydroxyl groups is 1. The van der Waals surface area contributed by atoms with Crippen molar-refractivity contribution in [3.63, 3.8) is 0 Å². The minimum atomic E-state index is -0.894. The van der Waals surface area contributed by atoms with E-state index in [1.165, 1.54) is 0 Å². The molecule has 114 valence electrons. The number of rotatable bonds is 9. The van der Waals surface area contributed by atoms with Crippen LogP contribution in [0.4, 0.5) is 0 Å². The van der Waals surface area contributed by atoms with E-state index in [-0.39, 0.29) is 12.4 Å². The number of carboxylic acids is 1. The second-order valence-corrected chi connectivity index (χ2v) is 5.76. The van der Waals surface area contributed by atoms with Crippen LogP contribution in [0.1, 0.15) is 26.1 Å². The highest BCUT2D eigenvalue weighted by atomic mass is 32.2. The zero-order chi connectivity index (χ0) is 15.1. The van der Waals surface area contributed by atoms with E-state index in [1.54, 1.807) is 4.57 Å². The molecular formula is C12H22N4O3S. The number of carboxylic acid groups (broad SMARTS) is 1. The summed E-state index contributed by atoms with van der Waals surface area (Å²) < 4.78 is 1.79. The highest BCUT2D eigenvalue weighted by Gasteiger charge is 2.13. The molecule has 0 spiro atoms. The molecule has 0 radical (unpaired) electrons. The molecule has 0 fully saturated rings. The Hall–Kier alpha value is -1.12. The van der Waals surface area contributed by atoms with Gasteiger partial charge >= 0.3 is 5.97 Å². The standard InChI is InChI=1S/C12H22N4O3S/c1-9(2)15(3)5-4-6-16-10(7-17)13-14-12(16)20-8-11(18)19/h9,17H,4-8H2,1-3H3,(H,18,19). The number of aliphatic hydroxyl groups excluding tert-OH is 1. The molecule has 1 aromatic heterocycles. The summed E-state index contributed by atoms with van der Waals surface area (Å²) >= 11 is 1.12. The lowest BCUT2D eigenvalue weighted by Crippen LogP contribution is -2.28. The monoisotopic (exact) mass is 302 g/mol. The number of thioether (sulfide) groups is 1. The fourth-order valence-electron chi connectivity index (χ4n) is 1.63. The highest BCUT2D eigenvalue weighted by molar-refractivity contribution is 7.99. The van der Waals surface area contributed by atoms with Crippen molar-refractivity contribution in [3.05, 3.63) is 5.82 Å². The first kappa shape index (κ1) is 16.9. The molecule has 2 N–H and O–H groups in total. The Kier molecular flexibility index (Phi) is 6.97. The summed E-state index contributed by atoms with van der Waals surface area (Å²) in [5.74, 6) is -0.477. The Morgan fingerprint density at radius 1 is 1.45 bits per heavy atom. The average molecular weight is 302 g/mol. The Labute approximate surface area is 123 Å². The lowest BCUT2D eigenvalue weighted by molar-refractivity contribution is -0.133.